The van der Waals surface area contributed by atoms with Crippen molar-refractivity contribution < 1.29 is 24.2 Å². The van der Waals surface area contributed by atoms with Gasteiger partial charge in [-0.1, -0.05) is 98.1 Å². The Labute approximate surface area is 261 Å². The Hall–Kier alpha value is -3.21. The number of unbranched alkanes of at least 4 members (excludes halogenated alkanes) is 10. The Morgan fingerprint density at radius 2 is 1.00 bits per heavy atom. The summed E-state index contributed by atoms with van der Waals surface area (Å²) in [5, 5.41) is 11.1. The SMILES string of the molecule is C=CC(=O)OC(CCCCCC)Cn1c(=O)n(CC(CCCCCC)OC(=O)C=C)c(=O)n(C(O)CCCCCCC)c1=O. The first-order valence-corrected chi connectivity index (χ1v) is 16.4. The maximum atomic E-state index is 13.8. The largest absolute Gasteiger partial charge is 0.457 e. The second kappa shape index (κ2) is 22.3. The first-order chi connectivity index (χ1) is 21.1. The lowest BCUT2D eigenvalue weighted by atomic mass is 10.1. The molecule has 11 nitrogen and oxygen atoms in total. The number of hydrogen-bond donors (Lipinski definition) is 1. The van der Waals surface area contributed by atoms with Gasteiger partial charge in [-0.3, -0.25) is 0 Å². The van der Waals surface area contributed by atoms with Gasteiger partial charge in [0, 0.05) is 12.2 Å². The van der Waals surface area contributed by atoms with Crippen LogP contribution >= 0.6 is 0 Å². The van der Waals surface area contributed by atoms with Crippen LogP contribution in [0.1, 0.15) is 130 Å². The van der Waals surface area contributed by atoms with E-state index in [4.69, 9.17) is 9.47 Å². The lowest BCUT2D eigenvalue weighted by Crippen LogP contribution is -2.57. The molecule has 3 atom stereocenters. The van der Waals surface area contributed by atoms with Crippen molar-refractivity contribution in [2.24, 2.45) is 0 Å². The van der Waals surface area contributed by atoms with Crippen LogP contribution in [0.4, 0.5) is 0 Å². The zero-order valence-corrected chi connectivity index (χ0v) is 27.2. The van der Waals surface area contributed by atoms with Crippen LogP contribution in [0.2, 0.25) is 0 Å². The Balaban J connectivity index is 3.60. The van der Waals surface area contributed by atoms with Gasteiger partial charge in [0.15, 0.2) is 0 Å². The Morgan fingerprint density at radius 1 is 0.636 bits per heavy atom. The number of aliphatic hydroxyl groups is 1. The molecule has 0 aromatic carbocycles. The molecule has 1 aromatic rings. The molecule has 11 heteroatoms. The fourth-order valence-electron chi connectivity index (χ4n) is 5.08. The lowest BCUT2D eigenvalue weighted by molar-refractivity contribution is -0.144. The van der Waals surface area contributed by atoms with Crippen molar-refractivity contribution in [1.29, 1.82) is 0 Å². The number of ether oxygens (including phenoxy) is 2. The van der Waals surface area contributed by atoms with Gasteiger partial charge in [0.25, 0.3) is 0 Å². The van der Waals surface area contributed by atoms with Crippen LogP contribution in [0, 0.1) is 0 Å². The molecule has 0 saturated heterocycles. The Kier molecular flexibility index (Phi) is 19.7. The Bertz CT molecular complexity index is 1120. The van der Waals surface area contributed by atoms with Crippen LogP contribution < -0.4 is 17.1 Å². The fraction of sp³-hybridized carbons (Fsp3) is 0.727. The van der Waals surface area contributed by atoms with Crippen molar-refractivity contribution in [2.45, 2.75) is 155 Å². The molecule has 0 saturated carbocycles. The van der Waals surface area contributed by atoms with Gasteiger partial charge in [0.1, 0.15) is 18.4 Å². The number of nitrogens with zero attached hydrogens (tertiary/aromatic N) is 3. The molecule has 0 bridgehead atoms. The molecule has 0 amide bonds. The highest BCUT2D eigenvalue weighted by Gasteiger charge is 2.26. The number of carbonyl (C=O) groups excluding carboxylic acids is 2. The second-order valence-corrected chi connectivity index (χ2v) is 11.3. The predicted octanol–water partition coefficient (Wildman–Crippen LogP) is 5.16. The van der Waals surface area contributed by atoms with Crippen molar-refractivity contribution in [3.05, 3.63) is 56.8 Å². The summed E-state index contributed by atoms with van der Waals surface area (Å²) in [6.45, 7) is 12.5. The molecular weight excluding hydrogens is 566 g/mol. The number of esters is 2. The van der Waals surface area contributed by atoms with Crippen LogP contribution in [0.15, 0.2) is 39.7 Å². The maximum absolute atomic E-state index is 13.8. The van der Waals surface area contributed by atoms with Gasteiger partial charge in [-0.15, -0.1) is 0 Å². The summed E-state index contributed by atoms with van der Waals surface area (Å²) >= 11 is 0. The maximum Gasteiger partial charge on any atom is 0.338 e. The van der Waals surface area contributed by atoms with E-state index >= 15 is 0 Å². The van der Waals surface area contributed by atoms with Crippen LogP contribution in [0.25, 0.3) is 0 Å². The summed E-state index contributed by atoms with van der Waals surface area (Å²) in [7, 11) is 0. The first-order valence-electron chi connectivity index (χ1n) is 16.4. The summed E-state index contributed by atoms with van der Waals surface area (Å²) in [6.07, 6.45) is 11.4. The van der Waals surface area contributed by atoms with Crippen molar-refractivity contribution in [2.75, 3.05) is 0 Å². The van der Waals surface area contributed by atoms with Crippen LogP contribution in [0.5, 0.6) is 0 Å². The summed E-state index contributed by atoms with van der Waals surface area (Å²) in [4.78, 5) is 65.3. The van der Waals surface area contributed by atoms with E-state index in [-0.39, 0.29) is 19.5 Å². The molecule has 0 radical (unpaired) electrons. The van der Waals surface area contributed by atoms with E-state index in [9.17, 15) is 29.1 Å². The molecule has 44 heavy (non-hydrogen) atoms. The molecule has 0 aliphatic rings. The summed E-state index contributed by atoms with van der Waals surface area (Å²) < 4.78 is 13.4. The van der Waals surface area contributed by atoms with E-state index in [1.165, 1.54) is 0 Å². The van der Waals surface area contributed by atoms with E-state index in [1.807, 2.05) is 0 Å². The first kappa shape index (κ1) is 38.8. The summed E-state index contributed by atoms with van der Waals surface area (Å²) in [5.41, 5.74) is -2.88. The van der Waals surface area contributed by atoms with E-state index < -0.39 is 47.4 Å². The summed E-state index contributed by atoms with van der Waals surface area (Å²) in [5.74, 6) is -1.38. The molecule has 0 aliphatic heterocycles. The fourth-order valence-corrected chi connectivity index (χ4v) is 5.08. The van der Waals surface area contributed by atoms with Gasteiger partial charge in [0.05, 0.1) is 13.1 Å². The van der Waals surface area contributed by atoms with Crippen molar-refractivity contribution in [1.82, 2.24) is 13.7 Å². The highest BCUT2D eigenvalue weighted by molar-refractivity contribution is 5.81. The van der Waals surface area contributed by atoms with Gasteiger partial charge >= 0.3 is 29.0 Å². The third-order valence-corrected chi connectivity index (χ3v) is 7.63. The van der Waals surface area contributed by atoms with Crippen molar-refractivity contribution >= 4 is 11.9 Å². The monoisotopic (exact) mass is 621 g/mol. The minimum Gasteiger partial charge on any atom is -0.457 e. The molecule has 0 aliphatic carbocycles. The highest BCUT2D eigenvalue weighted by atomic mass is 16.5. The van der Waals surface area contributed by atoms with E-state index in [1.54, 1.807) is 0 Å². The molecule has 3 unspecified atom stereocenters. The molecule has 1 rings (SSSR count). The summed E-state index contributed by atoms with van der Waals surface area (Å²) in [6, 6.07) is 0. The number of hydrogen-bond acceptors (Lipinski definition) is 8. The van der Waals surface area contributed by atoms with Gasteiger partial charge < -0.3 is 14.6 Å². The molecular formula is C33H55N3O8. The zero-order valence-electron chi connectivity index (χ0n) is 27.2. The number of carbonyl (C=O) groups is 2. The average Bonchev–Trinajstić information content (AvgIpc) is 3.00. The van der Waals surface area contributed by atoms with Gasteiger partial charge in [-0.2, -0.15) is 0 Å². The lowest BCUT2D eigenvalue weighted by Gasteiger charge is -2.23. The minimum atomic E-state index is -1.47. The smallest absolute Gasteiger partial charge is 0.338 e. The van der Waals surface area contributed by atoms with Crippen LogP contribution in [0.3, 0.4) is 0 Å². The standard InChI is InChI=1S/C33H55N3O8/c1-6-11-14-17-20-23-28(37)36-32(41)34(24-26(43-29(38)9-4)21-18-15-12-7-2)31(40)35(33(36)42)25-27(44-30(39)10-5)22-19-16-13-8-3/h9-10,26-28,37H,4-8,11-25H2,1-3H3. The van der Waals surface area contributed by atoms with Gasteiger partial charge in [-0.25, -0.2) is 37.7 Å². The third-order valence-electron chi connectivity index (χ3n) is 7.63. The molecule has 1 heterocycles. The van der Waals surface area contributed by atoms with E-state index in [0.29, 0.717) is 36.7 Å². The van der Waals surface area contributed by atoms with E-state index in [2.05, 4.69) is 33.9 Å². The second-order valence-electron chi connectivity index (χ2n) is 11.3. The number of rotatable bonds is 25. The topological polar surface area (TPSA) is 139 Å². The molecule has 250 valence electrons. The molecule has 0 spiro atoms. The Morgan fingerprint density at radius 3 is 1.39 bits per heavy atom. The van der Waals surface area contributed by atoms with Crippen LogP contribution in [-0.4, -0.2) is 43.0 Å². The molecule has 0 fully saturated rings. The third kappa shape index (κ3) is 13.6. The van der Waals surface area contributed by atoms with Crippen LogP contribution in [-0.2, 0) is 32.2 Å². The van der Waals surface area contributed by atoms with Crippen molar-refractivity contribution in [3.8, 4) is 0 Å². The highest BCUT2D eigenvalue weighted by Crippen LogP contribution is 2.14. The molecule has 1 aromatic heterocycles. The predicted molar refractivity (Wildman–Crippen MR) is 172 cm³/mol. The average molecular weight is 622 g/mol. The van der Waals surface area contributed by atoms with Gasteiger partial charge in [-0.05, 0) is 38.5 Å². The normalized spacial score (nSPS) is 13.2. The number of aliphatic hydroxyl groups excluding tert-OH is 1. The van der Waals surface area contributed by atoms with Gasteiger partial charge in [0.2, 0.25) is 0 Å². The van der Waals surface area contributed by atoms with Crippen molar-refractivity contribution in [3.63, 3.8) is 0 Å². The van der Waals surface area contributed by atoms with E-state index in [0.717, 1.165) is 85.5 Å². The minimum absolute atomic E-state index is 0.148. The quantitative estimate of drug-likeness (QED) is 0.0898. The molecule has 1 N–H and O–H groups in total. The number of aromatic nitrogens is 3. The zero-order chi connectivity index (χ0) is 32.9.